The smallest absolute Gasteiger partial charge is 0.279 e. The second-order valence-electron chi connectivity index (χ2n) is 5.73. The molecule has 0 aliphatic carbocycles. The van der Waals surface area contributed by atoms with Crippen LogP contribution in [0, 0.1) is 0 Å². The summed E-state index contributed by atoms with van der Waals surface area (Å²) in [5.41, 5.74) is 1.49. The molecule has 0 aliphatic rings. The lowest BCUT2D eigenvalue weighted by Crippen LogP contribution is -2.21. The molecule has 0 aliphatic heterocycles. The van der Waals surface area contributed by atoms with Gasteiger partial charge >= 0.3 is 5.69 Å². The number of pyridine rings is 1. The Labute approximate surface area is 167 Å². The Morgan fingerprint density at radius 3 is 2.70 bits per heavy atom. The zero-order chi connectivity index (χ0) is 19.0. The van der Waals surface area contributed by atoms with E-state index < -0.39 is 10.0 Å². The normalized spacial score (nSPS) is 11.7. The Balaban J connectivity index is 1.61. The van der Waals surface area contributed by atoms with Crippen molar-refractivity contribution in [2.24, 2.45) is 0 Å². The molecule has 0 fully saturated rings. The van der Waals surface area contributed by atoms with Gasteiger partial charge in [-0.25, -0.2) is 17.9 Å². The van der Waals surface area contributed by atoms with Gasteiger partial charge in [-0.05, 0) is 57.9 Å². The van der Waals surface area contributed by atoms with Gasteiger partial charge in [-0.15, -0.1) is 16.4 Å². The Morgan fingerprint density at radius 1 is 1.11 bits per heavy atom. The van der Waals surface area contributed by atoms with Gasteiger partial charge in [0.1, 0.15) is 4.21 Å². The minimum absolute atomic E-state index is 0.219. The summed E-state index contributed by atoms with van der Waals surface area (Å²) in [6.45, 7) is 0.237. The van der Waals surface area contributed by atoms with Crippen molar-refractivity contribution in [2.75, 3.05) is 4.72 Å². The molecule has 0 unspecified atom stereocenters. The highest BCUT2D eigenvalue weighted by molar-refractivity contribution is 9.11. The van der Waals surface area contributed by atoms with Gasteiger partial charge in [0, 0.05) is 11.9 Å². The van der Waals surface area contributed by atoms with Gasteiger partial charge in [0.05, 0.1) is 10.3 Å². The average molecular weight is 465 g/mol. The van der Waals surface area contributed by atoms with Crippen molar-refractivity contribution in [3.05, 3.63) is 80.6 Å². The fraction of sp³-hybridized carbons (Fsp3) is 0.0588. The first-order valence-corrected chi connectivity index (χ1v) is 10.9. The molecule has 3 heterocycles. The lowest BCUT2D eigenvalue weighted by molar-refractivity contribution is 0.603. The second-order valence-corrected chi connectivity index (χ2v) is 10.1. The van der Waals surface area contributed by atoms with Crippen LogP contribution < -0.4 is 10.4 Å². The fourth-order valence-corrected chi connectivity index (χ4v) is 5.68. The number of benzene rings is 1. The third-order valence-electron chi connectivity index (χ3n) is 3.81. The van der Waals surface area contributed by atoms with E-state index in [1.165, 1.54) is 15.1 Å². The van der Waals surface area contributed by atoms with Crippen molar-refractivity contribution in [3.8, 4) is 0 Å². The van der Waals surface area contributed by atoms with E-state index >= 15 is 0 Å². The van der Waals surface area contributed by atoms with Crippen LogP contribution in [0.25, 0.3) is 5.65 Å². The highest BCUT2D eigenvalue weighted by Crippen LogP contribution is 2.27. The summed E-state index contributed by atoms with van der Waals surface area (Å²) in [6.07, 6.45) is 1.66. The van der Waals surface area contributed by atoms with Crippen molar-refractivity contribution < 1.29 is 8.42 Å². The third-order valence-corrected chi connectivity index (χ3v) is 7.31. The van der Waals surface area contributed by atoms with Gasteiger partial charge < -0.3 is 0 Å². The number of halogens is 1. The summed E-state index contributed by atoms with van der Waals surface area (Å²) in [7, 11) is -3.66. The molecule has 1 aromatic carbocycles. The summed E-state index contributed by atoms with van der Waals surface area (Å²) < 4.78 is 31.3. The van der Waals surface area contributed by atoms with Gasteiger partial charge in [0.2, 0.25) is 0 Å². The van der Waals surface area contributed by atoms with Gasteiger partial charge in [-0.3, -0.25) is 9.12 Å². The van der Waals surface area contributed by atoms with Crippen molar-refractivity contribution in [2.45, 2.75) is 10.8 Å². The van der Waals surface area contributed by atoms with Gasteiger partial charge in [-0.1, -0.05) is 18.2 Å². The lowest BCUT2D eigenvalue weighted by Gasteiger charge is -2.08. The zero-order valence-corrected chi connectivity index (χ0v) is 17.0. The monoisotopic (exact) mass is 464 g/mol. The second kappa shape index (κ2) is 6.95. The minimum atomic E-state index is -3.66. The molecule has 4 rings (SSSR count). The van der Waals surface area contributed by atoms with Gasteiger partial charge in [0.15, 0.2) is 5.65 Å². The number of rotatable bonds is 5. The number of nitrogens with one attached hydrogen (secondary N) is 1. The van der Waals surface area contributed by atoms with E-state index in [4.69, 9.17) is 0 Å². The van der Waals surface area contributed by atoms with Crippen LogP contribution in [-0.4, -0.2) is 22.6 Å². The minimum Gasteiger partial charge on any atom is -0.279 e. The standard InChI is InChI=1S/C17H13BrN4O3S2/c18-14-7-8-16(26-14)27(24,25)20-13-5-3-4-12(10-13)11-22-17(23)21-9-2-1-6-15(21)19-22/h1-10,20H,11H2. The number of thiophene rings is 1. The van der Waals surface area contributed by atoms with Crippen LogP contribution in [0.4, 0.5) is 5.69 Å². The topological polar surface area (TPSA) is 85.5 Å². The SMILES string of the molecule is O=c1n(Cc2cccc(NS(=O)(=O)c3ccc(Br)s3)c2)nc2ccccn12. The summed E-state index contributed by atoms with van der Waals surface area (Å²) in [4.78, 5) is 12.4. The molecule has 0 spiro atoms. The summed E-state index contributed by atoms with van der Waals surface area (Å²) >= 11 is 4.40. The van der Waals surface area contributed by atoms with E-state index in [1.807, 2.05) is 12.1 Å². The predicted molar refractivity (Wildman–Crippen MR) is 108 cm³/mol. The zero-order valence-electron chi connectivity index (χ0n) is 13.7. The summed E-state index contributed by atoms with van der Waals surface area (Å²) in [5.74, 6) is 0. The van der Waals surface area contributed by atoms with Crippen LogP contribution in [0.2, 0.25) is 0 Å². The Bertz CT molecular complexity index is 1290. The van der Waals surface area contributed by atoms with E-state index in [0.29, 0.717) is 11.3 Å². The van der Waals surface area contributed by atoms with E-state index in [9.17, 15) is 13.2 Å². The molecular weight excluding hydrogens is 452 g/mol. The molecule has 0 saturated carbocycles. The van der Waals surface area contributed by atoms with E-state index in [0.717, 1.165) is 20.7 Å². The van der Waals surface area contributed by atoms with Crippen LogP contribution in [-0.2, 0) is 16.6 Å². The maximum absolute atomic E-state index is 12.5. The summed E-state index contributed by atoms with van der Waals surface area (Å²) in [5, 5.41) is 4.29. The summed E-state index contributed by atoms with van der Waals surface area (Å²) in [6, 6.07) is 15.5. The molecule has 7 nitrogen and oxygen atoms in total. The van der Waals surface area contributed by atoms with Crippen molar-refractivity contribution >= 4 is 48.6 Å². The van der Waals surface area contributed by atoms with Crippen LogP contribution in [0.1, 0.15) is 5.56 Å². The fourth-order valence-electron chi connectivity index (χ4n) is 2.62. The number of aromatic nitrogens is 3. The Morgan fingerprint density at radius 2 is 1.96 bits per heavy atom. The maximum Gasteiger partial charge on any atom is 0.350 e. The number of fused-ring (bicyclic) bond motifs is 1. The van der Waals surface area contributed by atoms with Gasteiger partial charge in [0.25, 0.3) is 10.0 Å². The predicted octanol–water partition coefficient (Wildman–Crippen LogP) is 3.17. The first-order chi connectivity index (χ1) is 12.9. The highest BCUT2D eigenvalue weighted by Gasteiger charge is 2.17. The van der Waals surface area contributed by atoms with Crippen molar-refractivity contribution in [3.63, 3.8) is 0 Å². The number of hydrogen-bond acceptors (Lipinski definition) is 5. The average Bonchev–Trinajstić information content (AvgIpc) is 3.20. The highest BCUT2D eigenvalue weighted by atomic mass is 79.9. The van der Waals surface area contributed by atoms with Crippen molar-refractivity contribution in [1.29, 1.82) is 0 Å². The van der Waals surface area contributed by atoms with E-state index in [-0.39, 0.29) is 16.4 Å². The third kappa shape index (κ3) is 3.68. The number of anilines is 1. The molecule has 3 aromatic heterocycles. The van der Waals surface area contributed by atoms with E-state index in [1.54, 1.807) is 42.6 Å². The molecule has 0 atom stereocenters. The van der Waals surface area contributed by atoms with Crippen molar-refractivity contribution in [1.82, 2.24) is 14.2 Å². The number of sulfonamides is 1. The largest absolute Gasteiger partial charge is 0.350 e. The maximum atomic E-state index is 12.5. The Hall–Kier alpha value is -2.43. The molecule has 0 saturated heterocycles. The molecule has 138 valence electrons. The lowest BCUT2D eigenvalue weighted by atomic mass is 10.2. The van der Waals surface area contributed by atoms with Crippen LogP contribution in [0.15, 0.2) is 73.6 Å². The Kier molecular flexibility index (Phi) is 4.62. The first kappa shape index (κ1) is 18.0. The number of hydrogen-bond donors (Lipinski definition) is 1. The molecule has 10 heteroatoms. The molecule has 4 aromatic rings. The molecule has 27 heavy (non-hydrogen) atoms. The van der Waals surface area contributed by atoms with Crippen LogP contribution in [0.5, 0.6) is 0 Å². The van der Waals surface area contributed by atoms with Crippen LogP contribution >= 0.6 is 27.3 Å². The molecule has 0 bridgehead atoms. The molecule has 0 radical (unpaired) electrons. The quantitative estimate of drug-likeness (QED) is 0.491. The molecular formula is C17H13BrN4O3S2. The van der Waals surface area contributed by atoms with Crippen LogP contribution in [0.3, 0.4) is 0 Å². The van der Waals surface area contributed by atoms with Gasteiger partial charge in [-0.2, -0.15) is 0 Å². The molecule has 0 amide bonds. The first-order valence-electron chi connectivity index (χ1n) is 7.84. The van der Waals surface area contributed by atoms with E-state index in [2.05, 4.69) is 25.8 Å². The number of nitrogens with zero attached hydrogens (tertiary/aromatic N) is 3. The molecule has 1 N–H and O–H groups in total.